The Kier molecular flexibility index (Phi) is 7.87. The molecule has 2 aliphatic rings. The van der Waals surface area contributed by atoms with E-state index in [-0.39, 0.29) is 48.6 Å². The van der Waals surface area contributed by atoms with Crippen LogP contribution in [0.5, 0.6) is 5.75 Å². The molecule has 1 aliphatic carbocycles. The van der Waals surface area contributed by atoms with E-state index in [1.807, 2.05) is 4.90 Å². The smallest absolute Gasteiger partial charge is 0.395 e. The standard InChI is InChI=1S/C27H30F5NO3/c1-2-35-25(34)22-6-4-19(14-23(22)28)21-7-5-20(15-24(21)29)36-16-18-8-12-33(13-9-18)17-26(10-3-11-26)27(30,31)32/h4-7,14-15,18H,2-3,8-13,16-17H2,1H3. The van der Waals surface area contributed by atoms with Crippen LogP contribution < -0.4 is 4.74 Å². The lowest BCUT2D eigenvalue weighted by Gasteiger charge is -2.47. The highest BCUT2D eigenvalue weighted by Crippen LogP contribution is 2.53. The van der Waals surface area contributed by atoms with E-state index in [0.29, 0.717) is 31.9 Å². The third kappa shape index (κ3) is 5.66. The topological polar surface area (TPSA) is 38.8 Å². The van der Waals surface area contributed by atoms with Crippen molar-refractivity contribution >= 4 is 5.97 Å². The van der Waals surface area contributed by atoms with Crippen molar-refractivity contribution in [3.63, 3.8) is 0 Å². The SMILES string of the molecule is CCOC(=O)c1ccc(-c2ccc(OCC3CCN(CC4(C(F)(F)F)CCC4)CC3)cc2F)cc1F. The van der Waals surface area contributed by atoms with Crippen LogP contribution in [0.3, 0.4) is 0 Å². The summed E-state index contributed by atoms with van der Waals surface area (Å²) in [5, 5.41) is 0. The van der Waals surface area contributed by atoms with Crippen molar-refractivity contribution in [3.05, 3.63) is 53.6 Å². The predicted molar refractivity (Wildman–Crippen MR) is 125 cm³/mol. The van der Waals surface area contributed by atoms with Crippen LogP contribution in [0.25, 0.3) is 11.1 Å². The molecule has 0 bridgehead atoms. The number of carbonyl (C=O) groups is 1. The normalized spacial score (nSPS) is 18.5. The molecule has 0 spiro atoms. The van der Waals surface area contributed by atoms with Crippen molar-refractivity contribution in [2.24, 2.45) is 11.3 Å². The number of esters is 1. The average molecular weight is 512 g/mol. The fraction of sp³-hybridized carbons (Fsp3) is 0.519. The van der Waals surface area contributed by atoms with Crippen LogP contribution in [0.1, 0.15) is 49.4 Å². The Bertz CT molecular complexity index is 1080. The summed E-state index contributed by atoms with van der Waals surface area (Å²) in [7, 11) is 0. The van der Waals surface area contributed by atoms with Gasteiger partial charge >= 0.3 is 12.1 Å². The van der Waals surface area contributed by atoms with Gasteiger partial charge in [-0.1, -0.05) is 12.5 Å². The number of alkyl halides is 3. The Hall–Kier alpha value is -2.68. The Morgan fingerprint density at radius 1 is 1.06 bits per heavy atom. The second-order valence-corrected chi connectivity index (χ2v) is 9.72. The average Bonchev–Trinajstić information content (AvgIpc) is 2.80. The van der Waals surface area contributed by atoms with Crippen LogP contribution in [0.15, 0.2) is 36.4 Å². The van der Waals surface area contributed by atoms with E-state index in [9.17, 15) is 26.7 Å². The molecular formula is C27H30F5NO3. The molecule has 196 valence electrons. The monoisotopic (exact) mass is 511 g/mol. The second-order valence-electron chi connectivity index (χ2n) is 9.72. The Morgan fingerprint density at radius 3 is 2.33 bits per heavy atom. The van der Waals surface area contributed by atoms with E-state index in [1.165, 1.54) is 24.3 Å². The minimum Gasteiger partial charge on any atom is -0.493 e. The molecule has 1 heterocycles. The van der Waals surface area contributed by atoms with Gasteiger partial charge in [-0.25, -0.2) is 13.6 Å². The summed E-state index contributed by atoms with van der Waals surface area (Å²) in [6.45, 7) is 3.33. The van der Waals surface area contributed by atoms with Gasteiger partial charge in [0.05, 0.1) is 24.2 Å². The summed E-state index contributed by atoms with van der Waals surface area (Å²) in [4.78, 5) is 13.7. The maximum atomic E-state index is 14.8. The lowest BCUT2D eigenvalue weighted by molar-refractivity contribution is -0.256. The highest BCUT2D eigenvalue weighted by atomic mass is 19.4. The zero-order chi connectivity index (χ0) is 25.9. The van der Waals surface area contributed by atoms with E-state index < -0.39 is 29.2 Å². The molecule has 2 aromatic carbocycles. The molecule has 0 unspecified atom stereocenters. The molecule has 0 amide bonds. The third-order valence-electron chi connectivity index (χ3n) is 7.35. The van der Waals surface area contributed by atoms with Crippen molar-refractivity contribution in [2.45, 2.75) is 45.2 Å². The highest BCUT2D eigenvalue weighted by molar-refractivity contribution is 5.90. The van der Waals surface area contributed by atoms with Crippen molar-refractivity contribution in [2.75, 3.05) is 32.8 Å². The molecule has 4 nitrogen and oxygen atoms in total. The molecule has 1 saturated carbocycles. The van der Waals surface area contributed by atoms with Crippen molar-refractivity contribution in [1.29, 1.82) is 0 Å². The van der Waals surface area contributed by atoms with Crippen LogP contribution in [-0.4, -0.2) is 49.9 Å². The third-order valence-corrected chi connectivity index (χ3v) is 7.35. The fourth-order valence-electron chi connectivity index (χ4n) is 4.96. The zero-order valence-electron chi connectivity index (χ0n) is 20.2. The minimum atomic E-state index is -4.16. The molecule has 0 aromatic heterocycles. The number of benzene rings is 2. The number of carbonyl (C=O) groups excluding carboxylic acids is 1. The van der Waals surface area contributed by atoms with Gasteiger partial charge in [-0.2, -0.15) is 13.2 Å². The molecule has 4 rings (SSSR count). The lowest BCUT2D eigenvalue weighted by Crippen LogP contribution is -2.53. The maximum absolute atomic E-state index is 14.8. The van der Waals surface area contributed by atoms with E-state index in [2.05, 4.69) is 0 Å². The fourth-order valence-corrected chi connectivity index (χ4v) is 4.96. The molecule has 2 aromatic rings. The van der Waals surface area contributed by atoms with E-state index in [1.54, 1.807) is 13.0 Å². The Morgan fingerprint density at radius 2 is 1.78 bits per heavy atom. The van der Waals surface area contributed by atoms with Crippen molar-refractivity contribution in [1.82, 2.24) is 4.90 Å². The van der Waals surface area contributed by atoms with Crippen molar-refractivity contribution < 1.29 is 36.2 Å². The molecule has 1 aliphatic heterocycles. The van der Waals surface area contributed by atoms with Gasteiger partial charge in [0.15, 0.2) is 0 Å². The first-order valence-electron chi connectivity index (χ1n) is 12.3. The molecule has 2 fully saturated rings. The number of nitrogens with zero attached hydrogens (tertiary/aromatic N) is 1. The second kappa shape index (κ2) is 10.7. The van der Waals surface area contributed by atoms with Gasteiger partial charge in [0.1, 0.15) is 17.4 Å². The molecular weight excluding hydrogens is 481 g/mol. The van der Waals surface area contributed by atoms with Crippen LogP contribution in [-0.2, 0) is 4.74 Å². The molecule has 0 N–H and O–H groups in total. The summed E-state index contributed by atoms with van der Waals surface area (Å²) in [5.41, 5.74) is -1.31. The van der Waals surface area contributed by atoms with E-state index in [0.717, 1.165) is 18.9 Å². The first-order valence-corrected chi connectivity index (χ1v) is 12.3. The maximum Gasteiger partial charge on any atom is 0.395 e. The molecule has 36 heavy (non-hydrogen) atoms. The largest absolute Gasteiger partial charge is 0.493 e. The molecule has 1 saturated heterocycles. The van der Waals surface area contributed by atoms with Crippen molar-refractivity contribution in [3.8, 4) is 16.9 Å². The number of hydrogen-bond acceptors (Lipinski definition) is 4. The number of likely N-dealkylation sites (tertiary alicyclic amines) is 1. The van der Waals surface area contributed by atoms with Gasteiger partial charge in [-0.3, -0.25) is 0 Å². The van der Waals surface area contributed by atoms with Gasteiger partial charge < -0.3 is 14.4 Å². The van der Waals surface area contributed by atoms with Gasteiger partial charge in [-0.15, -0.1) is 0 Å². The molecule has 9 heteroatoms. The van der Waals surface area contributed by atoms with Crippen LogP contribution in [0.4, 0.5) is 22.0 Å². The number of halogens is 5. The molecule has 0 radical (unpaired) electrons. The van der Waals surface area contributed by atoms with Gasteiger partial charge in [0.2, 0.25) is 0 Å². The zero-order valence-corrected chi connectivity index (χ0v) is 20.2. The summed E-state index contributed by atoms with van der Waals surface area (Å²) in [6, 6.07) is 8.11. The molecule has 0 atom stereocenters. The van der Waals surface area contributed by atoms with Crippen LogP contribution >= 0.6 is 0 Å². The minimum absolute atomic E-state index is 0.0676. The number of rotatable bonds is 8. The van der Waals surface area contributed by atoms with E-state index >= 15 is 0 Å². The van der Waals surface area contributed by atoms with Gasteiger partial charge in [0.25, 0.3) is 0 Å². The van der Waals surface area contributed by atoms with E-state index in [4.69, 9.17) is 9.47 Å². The quantitative estimate of drug-likeness (QED) is 0.295. The number of hydrogen-bond donors (Lipinski definition) is 0. The van der Waals surface area contributed by atoms with Crippen LogP contribution in [0.2, 0.25) is 0 Å². The summed E-state index contributed by atoms with van der Waals surface area (Å²) in [6.07, 6.45) is -1.66. The first-order chi connectivity index (χ1) is 17.1. The summed E-state index contributed by atoms with van der Waals surface area (Å²) < 4.78 is 80.0. The van der Waals surface area contributed by atoms with Crippen LogP contribution in [0, 0.1) is 23.0 Å². The van der Waals surface area contributed by atoms with Gasteiger partial charge in [-0.05, 0) is 81.4 Å². The summed E-state index contributed by atoms with van der Waals surface area (Å²) >= 11 is 0. The Balaban J connectivity index is 1.30. The van der Waals surface area contributed by atoms with Gasteiger partial charge in [0, 0.05) is 18.2 Å². The predicted octanol–water partition coefficient (Wildman–Crippen LogP) is 6.63. The highest BCUT2D eigenvalue weighted by Gasteiger charge is 2.58. The lowest BCUT2D eigenvalue weighted by atomic mass is 9.67. The number of ether oxygens (including phenoxy) is 2. The number of piperidine rings is 1. The Labute approximate surface area is 207 Å². The summed E-state index contributed by atoms with van der Waals surface area (Å²) in [5.74, 6) is -1.66. The first kappa shape index (κ1) is 26.4.